The molecule has 2 aromatic heterocycles. The van der Waals surface area contributed by atoms with Crippen molar-refractivity contribution in [2.24, 2.45) is 11.8 Å². The van der Waals surface area contributed by atoms with E-state index in [1.807, 2.05) is 41.3 Å². The summed E-state index contributed by atoms with van der Waals surface area (Å²) in [5, 5.41) is 5.68. The van der Waals surface area contributed by atoms with E-state index in [1.54, 1.807) is 0 Å². The lowest BCUT2D eigenvalue weighted by atomic mass is 10.1. The Morgan fingerprint density at radius 2 is 1.73 bits per heavy atom. The van der Waals surface area contributed by atoms with Gasteiger partial charge >= 0.3 is 0 Å². The fourth-order valence-corrected chi connectivity index (χ4v) is 4.48. The van der Waals surface area contributed by atoms with Gasteiger partial charge in [0.25, 0.3) is 5.91 Å². The van der Waals surface area contributed by atoms with Crippen LogP contribution in [0.2, 0.25) is 0 Å². The Kier molecular flexibility index (Phi) is 5.37. The van der Waals surface area contributed by atoms with Crippen LogP contribution in [0.1, 0.15) is 43.1 Å². The molecule has 6 nitrogen and oxygen atoms in total. The lowest BCUT2D eigenvalue weighted by molar-refractivity contribution is -0.135. The first-order valence-electron chi connectivity index (χ1n) is 9.33. The number of aromatic nitrogens is 2. The Labute approximate surface area is 158 Å². The van der Waals surface area contributed by atoms with E-state index < -0.39 is 0 Å². The summed E-state index contributed by atoms with van der Waals surface area (Å²) in [4.78, 5) is 30.6. The van der Waals surface area contributed by atoms with Gasteiger partial charge < -0.3 is 9.80 Å². The molecule has 3 rings (SSSR count). The van der Waals surface area contributed by atoms with Crippen molar-refractivity contribution in [1.29, 1.82) is 0 Å². The van der Waals surface area contributed by atoms with E-state index in [4.69, 9.17) is 0 Å². The topological polar surface area (TPSA) is 58.4 Å². The molecule has 0 aromatic carbocycles. The Morgan fingerprint density at radius 3 is 2.31 bits per heavy atom. The Hall–Kier alpha value is -1.89. The summed E-state index contributed by atoms with van der Waals surface area (Å²) in [5.74, 6) is 0.749. The van der Waals surface area contributed by atoms with E-state index in [1.165, 1.54) is 11.3 Å². The predicted octanol–water partition coefficient (Wildman–Crippen LogP) is 3.00. The van der Waals surface area contributed by atoms with E-state index in [-0.39, 0.29) is 17.7 Å². The smallest absolute Gasteiger partial charge is 0.264 e. The monoisotopic (exact) mass is 376 g/mol. The Balaban J connectivity index is 1.74. The zero-order chi connectivity index (χ0) is 19.0. The van der Waals surface area contributed by atoms with Gasteiger partial charge in [-0.25, -0.2) is 0 Å². The number of hydrogen-bond donors (Lipinski definition) is 0. The molecule has 26 heavy (non-hydrogen) atoms. The highest BCUT2D eigenvalue weighted by atomic mass is 32.1. The third kappa shape index (κ3) is 3.63. The van der Waals surface area contributed by atoms with E-state index in [0.717, 1.165) is 27.3 Å². The molecular weight excluding hydrogens is 348 g/mol. The molecule has 7 heteroatoms. The predicted molar refractivity (Wildman–Crippen MR) is 105 cm³/mol. The molecule has 0 unspecified atom stereocenters. The number of piperazine rings is 1. The van der Waals surface area contributed by atoms with Crippen LogP contribution in [0.3, 0.4) is 0 Å². The summed E-state index contributed by atoms with van der Waals surface area (Å²) in [5.41, 5.74) is 0.975. The highest BCUT2D eigenvalue weighted by Crippen LogP contribution is 2.30. The maximum atomic E-state index is 12.9. The average Bonchev–Trinajstić information content (AvgIpc) is 3.15. The van der Waals surface area contributed by atoms with Crippen LogP contribution in [-0.4, -0.2) is 57.6 Å². The molecular formula is C19H28N4O2S. The molecule has 1 fully saturated rings. The lowest BCUT2D eigenvalue weighted by Crippen LogP contribution is -2.51. The summed E-state index contributed by atoms with van der Waals surface area (Å²) in [6.45, 7) is 13.5. The van der Waals surface area contributed by atoms with Gasteiger partial charge in [0.15, 0.2) is 0 Å². The average molecular weight is 377 g/mol. The van der Waals surface area contributed by atoms with Crippen molar-refractivity contribution in [2.45, 2.75) is 41.2 Å². The van der Waals surface area contributed by atoms with Crippen LogP contribution in [0, 0.1) is 18.8 Å². The summed E-state index contributed by atoms with van der Waals surface area (Å²) >= 11 is 1.53. The fraction of sp³-hybridized carbons (Fsp3) is 0.632. The second-order valence-electron chi connectivity index (χ2n) is 7.76. The van der Waals surface area contributed by atoms with Crippen molar-refractivity contribution in [3.8, 4) is 0 Å². The third-order valence-corrected chi connectivity index (χ3v) is 5.87. The van der Waals surface area contributed by atoms with Crippen LogP contribution in [0.5, 0.6) is 0 Å². The molecule has 0 N–H and O–H groups in total. The third-order valence-electron chi connectivity index (χ3n) is 4.73. The van der Waals surface area contributed by atoms with Gasteiger partial charge in [0.1, 0.15) is 4.83 Å². The minimum absolute atomic E-state index is 0.00623. The molecule has 1 saturated heterocycles. The van der Waals surface area contributed by atoms with Gasteiger partial charge in [0.05, 0.1) is 10.6 Å². The number of nitrogens with zero attached hydrogens (tertiary/aromatic N) is 4. The number of amides is 2. The zero-order valence-electron chi connectivity index (χ0n) is 16.3. The molecule has 0 atom stereocenters. The second-order valence-corrected chi connectivity index (χ2v) is 8.79. The number of aryl methyl sites for hydroxylation is 1. The van der Waals surface area contributed by atoms with Crippen molar-refractivity contribution >= 4 is 33.4 Å². The maximum Gasteiger partial charge on any atom is 0.264 e. The molecule has 0 radical (unpaired) electrons. The van der Waals surface area contributed by atoms with Crippen LogP contribution in [0.4, 0.5) is 0 Å². The SMILES string of the molecule is Cc1nn(CC(C)C)c2sc(C(=O)N3CCN(C(=O)C(C)C)CC3)cc12. The van der Waals surface area contributed by atoms with Crippen LogP contribution in [-0.2, 0) is 11.3 Å². The van der Waals surface area contributed by atoms with Crippen molar-refractivity contribution in [3.63, 3.8) is 0 Å². The van der Waals surface area contributed by atoms with Gasteiger partial charge in [-0.3, -0.25) is 14.3 Å². The molecule has 0 spiro atoms. The summed E-state index contributed by atoms with van der Waals surface area (Å²) in [7, 11) is 0. The van der Waals surface area contributed by atoms with E-state index in [9.17, 15) is 9.59 Å². The molecule has 142 valence electrons. The van der Waals surface area contributed by atoms with Gasteiger partial charge in [-0.05, 0) is 18.9 Å². The van der Waals surface area contributed by atoms with Gasteiger partial charge in [0.2, 0.25) is 5.91 Å². The van der Waals surface area contributed by atoms with Gasteiger partial charge in [-0.2, -0.15) is 5.10 Å². The Bertz CT molecular complexity index is 813. The number of carbonyl (C=O) groups excluding carboxylic acids is 2. The van der Waals surface area contributed by atoms with Crippen LogP contribution in [0.25, 0.3) is 10.2 Å². The van der Waals surface area contributed by atoms with Crippen molar-refractivity contribution in [3.05, 3.63) is 16.6 Å². The lowest BCUT2D eigenvalue weighted by Gasteiger charge is -2.35. The zero-order valence-corrected chi connectivity index (χ0v) is 17.1. The molecule has 2 aromatic rings. The molecule has 3 heterocycles. The number of rotatable bonds is 4. The van der Waals surface area contributed by atoms with E-state index in [2.05, 4.69) is 18.9 Å². The quantitative estimate of drug-likeness (QED) is 0.824. The minimum Gasteiger partial charge on any atom is -0.339 e. The summed E-state index contributed by atoms with van der Waals surface area (Å²) < 4.78 is 2.02. The number of thiophene rings is 1. The van der Waals surface area contributed by atoms with Crippen molar-refractivity contribution < 1.29 is 9.59 Å². The molecule has 1 aliphatic rings. The first kappa shape index (κ1) is 18.9. The molecule has 0 saturated carbocycles. The molecule has 0 bridgehead atoms. The summed E-state index contributed by atoms with van der Waals surface area (Å²) in [6, 6.07) is 1.98. The normalized spacial score (nSPS) is 15.5. The first-order valence-corrected chi connectivity index (χ1v) is 10.1. The van der Waals surface area contributed by atoms with Crippen molar-refractivity contribution in [2.75, 3.05) is 26.2 Å². The van der Waals surface area contributed by atoms with E-state index in [0.29, 0.717) is 32.1 Å². The van der Waals surface area contributed by atoms with E-state index >= 15 is 0 Å². The van der Waals surface area contributed by atoms with Crippen LogP contribution < -0.4 is 0 Å². The standard InChI is InChI=1S/C19H28N4O2S/c1-12(2)11-23-19-15(14(5)20-23)10-16(26-19)18(25)22-8-6-21(7-9-22)17(24)13(3)4/h10,12-13H,6-9,11H2,1-5H3. The van der Waals surface area contributed by atoms with Crippen LogP contribution >= 0.6 is 11.3 Å². The Morgan fingerprint density at radius 1 is 1.12 bits per heavy atom. The maximum absolute atomic E-state index is 12.9. The highest BCUT2D eigenvalue weighted by Gasteiger charge is 2.27. The molecule has 2 amide bonds. The van der Waals surface area contributed by atoms with Gasteiger partial charge in [0, 0.05) is 44.0 Å². The summed E-state index contributed by atoms with van der Waals surface area (Å²) in [6.07, 6.45) is 0. The largest absolute Gasteiger partial charge is 0.339 e. The van der Waals surface area contributed by atoms with Crippen molar-refractivity contribution in [1.82, 2.24) is 19.6 Å². The van der Waals surface area contributed by atoms with Crippen LogP contribution in [0.15, 0.2) is 6.07 Å². The minimum atomic E-state index is 0.00623. The van der Waals surface area contributed by atoms with Gasteiger partial charge in [-0.1, -0.05) is 27.7 Å². The highest BCUT2D eigenvalue weighted by molar-refractivity contribution is 7.20. The number of hydrogen-bond acceptors (Lipinski definition) is 4. The number of carbonyl (C=O) groups is 2. The first-order chi connectivity index (χ1) is 12.3. The molecule has 0 aliphatic carbocycles. The van der Waals surface area contributed by atoms with Gasteiger partial charge in [-0.15, -0.1) is 11.3 Å². The second kappa shape index (κ2) is 7.39. The number of fused-ring (bicyclic) bond motifs is 1. The fourth-order valence-electron chi connectivity index (χ4n) is 3.34. The molecule has 1 aliphatic heterocycles.